The Morgan fingerprint density at radius 2 is 1.60 bits per heavy atom. The van der Waals surface area contributed by atoms with Gasteiger partial charge in [0.25, 0.3) is 5.56 Å². The third kappa shape index (κ3) is 3.60. The maximum atomic E-state index is 13.5. The molecule has 1 atom stereocenters. The number of hydrogen-bond donors (Lipinski definition) is 0. The molecule has 3 heterocycles. The van der Waals surface area contributed by atoms with E-state index in [-0.39, 0.29) is 10.8 Å². The van der Waals surface area contributed by atoms with Crippen molar-refractivity contribution in [2.24, 2.45) is 0 Å². The van der Waals surface area contributed by atoms with E-state index in [1.54, 1.807) is 4.57 Å². The Labute approximate surface area is 204 Å². The molecule has 8 nitrogen and oxygen atoms in total. The minimum absolute atomic E-state index is 0.135. The number of nitrogens with zero attached hydrogens (tertiary/aromatic N) is 6. The fourth-order valence-corrected chi connectivity index (χ4v) is 4.98. The maximum Gasteiger partial charge on any atom is 0.267 e. The highest BCUT2D eigenvalue weighted by Gasteiger charge is 2.23. The summed E-state index contributed by atoms with van der Waals surface area (Å²) < 4.78 is 9.49. The molecule has 3 aromatic heterocycles. The third-order valence-corrected chi connectivity index (χ3v) is 6.87. The Kier molecular flexibility index (Phi) is 5.18. The Balaban J connectivity index is 1.47. The van der Waals surface area contributed by atoms with Gasteiger partial charge in [0.15, 0.2) is 5.16 Å². The molecule has 0 saturated carbocycles. The molecule has 6 rings (SSSR count). The van der Waals surface area contributed by atoms with Crippen LogP contribution in [0.2, 0.25) is 0 Å². The summed E-state index contributed by atoms with van der Waals surface area (Å²) in [6.45, 7) is 3.95. The molecule has 0 fully saturated rings. The molecule has 0 spiro atoms. The van der Waals surface area contributed by atoms with Gasteiger partial charge in [-0.3, -0.25) is 9.20 Å². The topological polar surface area (TPSA) is 91.1 Å². The van der Waals surface area contributed by atoms with Crippen LogP contribution in [0.3, 0.4) is 0 Å². The first-order valence-electron chi connectivity index (χ1n) is 11.1. The fraction of sp³-hybridized carbons (Fsp3) is 0.115. The van der Waals surface area contributed by atoms with Crippen LogP contribution in [0.4, 0.5) is 0 Å². The van der Waals surface area contributed by atoms with Crippen LogP contribution in [0, 0.1) is 6.92 Å². The van der Waals surface area contributed by atoms with Gasteiger partial charge in [0.1, 0.15) is 0 Å². The van der Waals surface area contributed by atoms with Crippen molar-refractivity contribution in [2.75, 3.05) is 0 Å². The van der Waals surface area contributed by atoms with E-state index in [1.807, 2.05) is 97.1 Å². The third-order valence-electron chi connectivity index (χ3n) is 5.84. The van der Waals surface area contributed by atoms with Crippen LogP contribution in [0.1, 0.15) is 23.6 Å². The lowest BCUT2D eigenvalue weighted by atomic mass is 10.2. The van der Waals surface area contributed by atoms with Crippen molar-refractivity contribution < 1.29 is 4.42 Å². The molecular weight excluding hydrogens is 460 g/mol. The summed E-state index contributed by atoms with van der Waals surface area (Å²) in [5.41, 5.74) is 3.22. The molecule has 0 N–H and O–H groups in total. The highest BCUT2D eigenvalue weighted by Crippen LogP contribution is 2.35. The van der Waals surface area contributed by atoms with E-state index in [2.05, 4.69) is 20.4 Å². The van der Waals surface area contributed by atoms with Crippen LogP contribution in [0.25, 0.3) is 33.8 Å². The van der Waals surface area contributed by atoms with Crippen molar-refractivity contribution in [3.63, 3.8) is 0 Å². The number of hydrogen-bond acceptors (Lipinski definition) is 7. The smallest absolute Gasteiger partial charge is 0.267 e. The summed E-state index contributed by atoms with van der Waals surface area (Å²) in [6.07, 6.45) is 0. The van der Waals surface area contributed by atoms with Crippen LogP contribution in [-0.2, 0) is 0 Å². The van der Waals surface area contributed by atoms with E-state index >= 15 is 0 Å². The van der Waals surface area contributed by atoms with Gasteiger partial charge in [-0.25, -0.2) is 4.57 Å². The highest BCUT2D eigenvalue weighted by molar-refractivity contribution is 7.99. The molecule has 0 aliphatic rings. The first-order chi connectivity index (χ1) is 17.1. The molecule has 0 aliphatic heterocycles. The summed E-state index contributed by atoms with van der Waals surface area (Å²) in [5, 5.41) is 18.4. The predicted molar refractivity (Wildman–Crippen MR) is 135 cm³/mol. The number of benzene rings is 3. The van der Waals surface area contributed by atoms with Crippen molar-refractivity contribution in [2.45, 2.75) is 24.3 Å². The molecule has 0 bridgehead atoms. The number of aryl methyl sites for hydroxylation is 1. The van der Waals surface area contributed by atoms with Crippen LogP contribution in [0.15, 0.2) is 93.2 Å². The zero-order chi connectivity index (χ0) is 23.9. The molecule has 0 saturated heterocycles. The van der Waals surface area contributed by atoms with Gasteiger partial charge < -0.3 is 4.42 Å². The fourth-order valence-electron chi connectivity index (χ4n) is 4.09. The SMILES string of the molecule is Cc1ccccc1-n1c(=O)c2ccccc2n2c(SC(C)c3nnc(-c4ccccc4)o3)nnc12. The number of rotatable bonds is 5. The molecule has 9 heteroatoms. The summed E-state index contributed by atoms with van der Waals surface area (Å²) in [5.74, 6) is 1.41. The van der Waals surface area contributed by atoms with Crippen molar-refractivity contribution >= 4 is 28.4 Å². The highest BCUT2D eigenvalue weighted by atomic mass is 32.2. The summed E-state index contributed by atoms with van der Waals surface area (Å²) >= 11 is 1.45. The minimum Gasteiger partial charge on any atom is -0.419 e. The molecule has 0 radical (unpaired) electrons. The van der Waals surface area contributed by atoms with Gasteiger partial charge in [0.2, 0.25) is 17.6 Å². The number of para-hydroxylation sites is 2. The maximum absolute atomic E-state index is 13.5. The van der Waals surface area contributed by atoms with Gasteiger partial charge in [-0.15, -0.1) is 20.4 Å². The number of fused-ring (bicyclic) bond motifs is 3. The average molecular weight is 481 g/mol. The van der Waals surface area contributed by atoms with Crippen LogP contribution in [0.5, 0.6) is 0 Å². The standard InChI is InChI=1S/C26H20N6O2S/c1-16-10-6-8-14-20(16)31-24(33)19-13-7-9-15-21(19)32-25(31)29-30-26(32)35-17(2)22-27-28-23(34-22)18-11-4-3-5-12-18/h3-15,17H,1-2H3. The lowest BCUT2D eigenvalue weighted by molar-refractivity contribution is 0.509. The Bertz CT molecular complexity index is 1740. The average Bonchev–Trinajstić information content (AvgIpc) is 3.54. The Hall–Kier alpha value is -4.24. The quantitative estimate of drug-likeness (QED) is 0.311. The first kappa shape index (κ1) is 21.3. The van der Waals surface area contributed by atoms with Gasteiger partial charge in [0, 0.05) is 5.56 Å². The second kappa shape index (κ2) is 8.52. The molecule has 172 valence electrons. The molecule has 6 aromatic rings. The lowest BCUT2D eigenvalue weighted by Crippen LogP contribution is -2.22. The molecule has 0 aliphatic carbocycles. The minimum atomic E-state index is -0.190. The van der Waals surface area contributed by atoms with E-state index in [0.29, 0.717) is 28.1 Å². The zero-order valence-electron chi connectivity index (χ0n) is 19.0. The second-order valence-corrected chi connectivity index (χ2v) is 9.44. The number of thioether (sulfide) groups is 1. The van der Waals surface area contributed by atoms with Crippen LogP contribution < -0.4 is 5.56 Å². The largest absolute Gasteiger partial charge is 0.419 e. The summed E-state index contributed by atoms with van der Waals surface area (Å²) in [7, 11) is 0. The summed E-state index contributed by atoms with van der Waals surface area (Å²) in [4.78, 5) is 13.5. The van der Waals surface area contributed by atoms with Crippen molar-refractivity contribution in [3.8, 4) is 17.1 Å². The molecule has 3 aromatic carbocycles. The van der Waals surface area contributed by atoms with Crippen LogP contribution in [-0.4, -0.2) is 29.4 Å². The van der Waals surface area contributed by atoms with Crippen molar-refractivity contribution in [3.05, 3.63) is 101 Å². The van der Waals surface area contributed by atoms with E-state index in [1.165, 1.54) is 11.8 Å². The molecule has 0 amide bonds. The first-order valence-corrected chi connectivity index (χ1v) is 12.0. The van der Waals surface area contributed by atoms with Gasteiger partial charge in [-0.1, -0.05) is 60.3 Å². The Morgan fingerprint density at radius 3 is 2.43 bits per heavy atom. The predicted octanol–water partition coefficient (Wildman–Crippen LogP) is 5.25. The molecule has 35 heavy (non-hydrogen) atoms. The van der Waals surface area contributed by atoms with Crippen molar-refractivity contribution in [1.82, 2.24) is 29.4 Å². The Morgan fingerprint density at radius 1 is 0.857 bits per heavy atom. The normalized spacial score (nSPS) is 12.4. The van der Waals surface area contributed by atoms with Gasteiger partial charge in [-0.2, -0.15) is 0 Å². The monoisotopic (exact) mass is 480 g/mol. The van der Waals surface area contributed by atoms with Gasteiger partial charge in [0.05, 0.1) is 21.8 Å². The van der Waals surface area contributed by atoms with Gasteiger partial charge >= 0.3 is 0 Å². The van der Waals surface area contributed by atoms with Crippen LogP contribution >= 0.6 is 11.8 Å². The van der Waals surface area contributed by atoms with Gasteiger partial charge in [-0.05, 0) is 49.7 Å². The zero-order valence-corrected chi connectivity index (χ0v) is 19.8. The lowest BCUT2D eigenvalue weighted by Gasteiger charge is -2.13. The van der Waals surface area contributed by atoms with E-state index < -0.39 is 0 Å². The summed E-state index contributed by atoms with van der Waals surface area (Å²) in [6, 6.07) is 24.9. The van der Waals surface area contributed by atoms with E-state index in [9.17, 15) is 4.79 Å². The molecule has 1 unspecified atom stereocenters. The van der Waals surface area contributed by atoms with E-state index in [4.69, 9.17) is 4.42 Å². The molecular formula is C26H20N6O2S. The second-order valence-electron chi connectivity index (χ2n) is 8.13. The van der Waals surface area contributed by atoms with E-state index in [0.717, 1.165) is 22.3 Å². The number of aromatic nitrogens is 6. The van der Waals surface area contributed by atoms with Crippen molar-refractivity contribution in [1.29, 1.82) is 0 Å².